The van der Waals surface area contributed by atoms with Crippen molar-refractivity contribution in [2.45, 2.75) is 25.8 Å². The Morgan fingerprint density at radius 1 is 1.50 bits per heavy atom. The van der Waals surface area contributed by atoms with Gasteiger partial charge in [0, 0.05) is 18.5 Å². The molecule has 4 N–H and O–H groups in total. The first kappa shape index (κ1) is 16.3. The van der Waals surface area contributed by atoms with Gasteiger partial charge in [-0.3, -0.25) is 4.79 Å². The van der Waals surface area contributed by atoms with Crippen LogP contribution >= 0.6 is 11.6 Å². The molecule has 1 aromatic carbocycles. The fourth-order valence-corrected chi connectivity index (χ4v) is 1.77. The summed E-state index contributed by atoms with van der Waals surface area (Å²) in [5, 5.41) is 11.7. The maximum absolute atomic E-state index is 11.7. The highest BCUT2D eigenvalue weighted by Gasteiger charge is 2.16. The van der Waals surface area contributed by atoms with E-state index < -0.39 is 5.97 Å². The molecular weight excluding hydrogens is 284 g/mol. The maximum Gasteiger partial charge on any atom is 0.339 e. The number of anilines is 1. The molecule has 20 heavy (non-hydrogen) atoms. The van der Waals surface area contributed by atoms with Gasteiger partial charge in [-0.15, -0.1) is 0 Å². The third-order valence-corrected chi connectivity index (χ3v) is 2.93. The Kier molecular flexibility index (Phi) is 5.79. The Balaban J connectivity index is 2.91. The van der Waals surface area contributed by atoms with Gasteiger partial charge in [-0.1, -0.05) is 11.6 Å². The van der Waals surface area contributed by atoms with Crippen molar-refractivity contribution in [1.82, 2.24) is 0 Å². The molecule has 0 aromatic heterocycles. The molecule has 0 fully saturated rings. The lowest BCUT2D eigenvalue weighted by Crippen LogP contribution is -2.19. The molecule has 0 heterocycles. The van der Waals surface area contributed by atoms with E-state index >= 15 is 0 Å². The van der Waals surface area contributed by atoms with Crippen LogP contribution in [0.4, 0.5) is 5.69 Å². The van der Waals surface area contributed by atoms with Gasteiger partial charge in [-0.25, -0.2) is 4.79 Å². The lowest BCUT2D eigenvalue weighted by molar-refractivity contribution is -0.116. The molecular formula is C13H17ClN2O4. The number of carboxylic acid groups (broad SMARTS) is 1. The van der Waals surface area contributed by atoms with E-state index in [0.717, 1.165) is 0 Å². The highest BCUT2D eigenvalue weighted by molar-refractivity contribution is 6.34. The average molecular weight is 301 g/mol. The van der Waals surface area contributed by atoms with Gasteiger partial charge in [0.1, 0.15) is 11.3 Å². The summed E-state index contributed by atoms with van der Waals surface area (Å²) in [5.74, 6) is -1.27. The number of carboxylic acids is 1. The van der Waals surface area contributed by atoms with Gasteiger partial charge in [0.05, 0.1) is 17.8 Å². The number of carbonyl (C=O) groups is 2. The first-order chi connectivity index (χ1) is 9.35. The Morgan fingerprint density at radius 2 is 2.15 bits per heavy atom. The van der Waals surface area contributed by atoms with Crippen LogP contribution in [0.15, 0.2) is 12.1 Å². The number of methoxy groups -OCH3 is 1. The number of ether oxygens (including phenoxy) is 1. The van der Waals surface area contributed by atoms with E-state index in [0.29, 0.717) is 12.1 Å². The Hall–Kier alpha value is -1.79. The molecule has 0 bridgehead atoms. The van der Waals surface area contributed by atoms with Crippen molar-refractivity contribution < 1.29 is 19.4 Å². The number of rotatable bonds is 6. The Labute approximate surface area is 121 Å². The number of carbonyl (C=O) groups excluding carboxylic acids is 1. The van der Waals surface area contributed by atoms with Crippen molar-refractivity contribution in [2.24, 2.45) is 5.73 Å². The standard InChI is InChI=1S/C13H17ClN2O4/c1-7(15)3-4-12(17)16-10-6-11(20-2)8(13(18)19)5-9(10)14/h5-7H,3-4,15H2,1-2H3,(H,16,17)(H,18,19). The molecule has 0 spiro atoms. The lowest BCUT2D eigenvalue weighted by atomic mass is 10.1. The monoisotopic (exact) mass is 300 g/mol. The van der Waals surface area contributed by atoms with Crippen LogP contribution in [-0.2, 0) is 4.79 Å². The second-order valence-electron chi connectivity index (χ2n) is 4.40. The second-order valence-corrected chi connectivity index (χ2v) is 4.81. The second kappa shape index (κ2) is 7.12. The molecule has 0 saturated carbocycles. The van der Waals surface area contributed by atoms with Crippen LogP contribution < -0.4 is 15.8 Å². The zero-order valence-electron chi connectivity index (χ0n) is 11.3. The summed E-state index contributed by atoms with van der Waals surface area (Å²) < 4.78 is 4.97. The van der Waals surface area contributed by atoms with Crippen LogP contribution in [0.3, 0.4) is 0 Å². The van der Waals surface area contributed by atoms with E-state index in [9.17, 15) is 9.59 Å². The minimum absolute atomic E-state index is 0.0638. The number of hydrogen-bond donors (Lipinski definition) is 3. The van der Waals surface area contributed by atoms with Crippen molar-refractivity contribution in [1.29, 1.82) is 0 Å². The number of aromatic carboxylic acids is 1. The third-order valence-electron chi connectivity index (χ3n) is 2.62. The Morgan fingerprint density at radius 3 is 2.65 bits per heavy atom. The van der Waals surface area contributed by atoms with Gasteiger partial charge >= 0.3 is 5.97 Å². The quantitative estimate of drug-likeness (QED) is 0.747. The number of hydrogen-bond acceptors (Lipinski definition) is 4. The number of halogens is 1. The van der Waals surface area contributed by atoms with E-state index in [-0.39, 0.29) is 34.7 Å². The molecule has 1 aromatic rings. The number of benzene rings is 1. The van der Waals surface area contributed by atoms with Crippen LogP contribution in [-0.4, -0.2) is 30.1 Å². The average Bonchev–Trinajstić information content (AvgIpc) is 2.38. The molecule has 0 aliphatic heterocycles. The molecule has 1 rings (SSSR count). The summed E-state index contributed by atoms with van der Waals surface area (Å²) >= 11 is 5.95. The lowest BCUT2D eigenvalue weighted by Gasteiger charge is -2.12. The smallest absolute Gasteiger partial charge is 0.339 e. The summed E-state index contributed by atoms with van der Waals surface area (Å²) in [5.41, 5.74) is 5.82. The molecule has 1 unspecified atom stereocenters. The van der Waals surface area contributed by atoms with Gasteiger partial charge in [0.15, 0.2) is 0 Å². The summed E-state index contributed by atoms with van der Waals surface area (Å²) in [6.45, 7) is 1.81. The van der Waals surface area contributed by atoms with Gasteiger partial charge in [-0.05, 0) is 19.4 Å². The van der Waals surface area contributed by atoms with Crippen molar-refractivity contribution in [2.75, 3.05) is 12.4 Å². The van der Waals surface area contributed by atoms with Crippen LogP contribution in [0.1, 0.15) is 30.1 Å². The minimum atomic E-state index is -1.15. The van der Waals surface area contributed by atoms with Gasteiger partial charge in [0.2, 0.25) is 5.91 Å². The molecule has 1 amide bonds. The van der Waals surface area contributed by atoms with Crippen LogP contribution in [0, 0.1) is 0 Å². The van der Waals surface area contributed by atoms with Crippen LogP contribution in [0.5, 0.6) is 5.75 Å². The van der Waals surface area contributed by atoms with E-state index in [2.05, 4.69) is 5.32 Å². The summed E-state index contributed by atoms with van der Waals surface area (Å²) in [4.78, 5) is 22.7. The molecule has 6 nitrogen and oxygen atoms in total. The Bertz CT molecular complexity index is 517. The highest BCUT2D eigenvalue weighted by Crippen LogP contribution is 2.31. The largest absolute Gasteiger partial charge is 0.496 e. The molecule has 7 heteroatoms. The number of nitrogens with one attached hydrogen (secondary N) is 1. The molecule has 0 radical (unpaired) electrons. The van der Waals surface area contributed by atoms with Gasteiger partial charge in [-0.2, -0.15) is 0 Å². The van der Waals surface area contributed by atoms with Crippen LogP contribution in [0.25, 0.3) is 0 Å². The number of amides is 1. The van der Waals surface area contributed by atoms with E-state index in [1.165, 1.54) is 19.2 Å². The van der Waals surface area contributed by atoms with E-state index in [1.807, 2.05) is 6.92 Å². The molecule has 0 aliphatic carbocycles. The fourth-order valence-electron chi connectivity index (χ4n) is 1.56. The predicted molar refractivity (Wildman–Crippen MR) is 76.5 cm³/mol. The molecule has 110 valence electrons. The third kappa shape index (κ3) is 4.40. The van der Waals surface area contributed by atoms with Crippen molar-refractivity contribution >= 4 is 29.2 Å². The highest BCUT2D eigenvalue weighted by atomic mass is 35.5. The topological polar surface area (TPSA) is 102 Å². The maximum atomic E-state index is 11.7. The minimum Gasteiger partial charge on any atom is -0.496 e. The van der Waals surface area contributed by atoms with Crippen molar-refractivity contribution in [3.63, 3.8) is 0 Å². The molecule has 0 aliphatic rings. The van der Waals surface area contributed by atoms with Crippen molar-refractivity contribution in [3.8, 4) is 5.75 Å². The summed E-state index contributed by atoms with van der Waals surface area (Å²) in [6.07, 6.45) is 0.810. The summed E-state index contributed by atoms with van der Waals surface area (Å²) in [6, 6.07) is 2.56. The zero-order chi connectivity index (χ0) is 15.3. The van der Waals surface area contributed by atoms with Crippen LogP contribution in [0.2, 0.25) is 5.02 Å². The number of nitrogens with two attached hydrogens (primary N) is 1. The molecule has 1 atom stereocenters. The van der Waals surface area contributed by atoms with Gasteiger partial charge < -0.3 is 20.9 Å². The molecule has 0 saturated heterocycles. The van der Waals surface area contributed by atoms with Gasteiger partial charge in [0.25, 0.3) is 0 Å². The predicted octanol–water partition coefficient (Wildman–Crippen LogP) is 2.11. The normalized spacial score (nSPS) is 11.8. The zero-order valence-corrected chi connectivity index (χ0v) is 12.0. The van der Waals surface area contributed by atoms with Crippen molar-refractivity contribution in [3.05, 3.63) is 22.7 Å². The van der Waals surface area contributed by atoms with E-state index in [4.69, 9.17) is 27.2 Å². The first-order valence-electron chi connectivity index (χ1n) is 6.01. The first-order valence-corrected chi connectivity index (χ1v) is 6.39. The van der Waals surface area contributed by atoms with E-state index in [1.54, 1.807) is 0 Å². The SMILES string of the molecule is COc1cc(NC(=O)CCC(C)N)c(Cl)cc1C(=O)O. The summed E-state index contributed by atoms with van der Waals surface area (Å²) in [7, 11) is 1.34. The fraction of sp³-hybridized carbons (Fsp3) is 0.385.